The molecule has 0 N–H and O–H groups in total. The normalized spacial score (nSPS) is 15.2. The summed E-state index contributed by atoms with van der Waals surface area (Å²) >= 11 is 0. The van der Waals surface area contributed by atoms with E-state index in [-0.39, 0.29) is 17.2 Å². The Morgan fingerprint density at radius 1 is 0.926 bits per heavy atom. The Bertz CT molecular complexity index is 1010. The van der Waals surface area contributed by atoms with E-state index in [0.717, 1.165) is 12.1 Å². The number of carbonyl (C=O) groups excluding carboxylic acids is 2. The molecule has 9 heteroatoms. The molecule has 1 aliphatic rings. The molecule has 27 heavy (non-hydrogen) atoms. The average molecular weight is 395 g/mol. The molecule has 0 unspecified atom stereocenters. The van der Waals surface area contributed by atoms with Crippen LogP contribution >= 0.6 is 0 Å². The van der Waals surface area contributed by atoms with Gasteiger partial charge in [0, 0.05) is 0 Å². The molecule has 0 radical (unpaired) electrons. The van der Waals surface area contributed by atoms with Crippen molar-refractivity contribution in [3.05, 3.63) is 77.6 Å². The van der Waals surface area contributed by atoms with Crippen LogP contribution in [-0.4, -0.2) is 36.9 Å². The number of benzene rings is 2. The number of amides is 2. The highest BCUT2D eigenvalue weighted by Gasteiger charge is 2.50. The van der Waals surface area contributed by atoms with Crippen LogP contribution < -0.4 is 0 Å². The lowest BCUT2D eigenvalue weighted by atomic mass is 10.1. The monoisotopic (exact) mass is 395 g/mol. The average Bonchev–Trinajstić information content (AvgIpc) is 2.91. The zero-order valence-electron chi connectivity index (χ0n) is 13.6. The SMILES string of the molecule is O=C1c2ccccc2C(=O)N1C/C=C(\F)C(F)(F)S(=O)(=O)c1ccccc1. The van der Waals surface area contributed by atoms with Crippen molar-refractivity contribution in [1.29, 1.82) is 0 Å². The lowest BCUT2D eigenvalue weighted by Crippen LogP contribution is -2.33. The molecule has 0 aliphatic carbocycles. The van der Waals surface area contributed by atoms with Crippen LogP contribution in [0.2, 0.25) is 0 Å². The fourth-order valence-electron chi connectivity index (χ4n) is 2.57. The molecule has 0 saturated carbocycles. The van der Waals surface area contributed by atoms with Gasteiger partial charge >= 0.3 is 5.25 Å². The molecule has 3 rings (SSSR count). The van der Waals surface area contributed by atoms with Crippen molar-refractivity contribution in [3.8, 4) is 0 Å². The summed E-state index contributed by atoms with van der Waals surface area (Å²) in [4.78, 5) is 24.1. The van der Waals surface area contributed by atoms with Gasteiger partial charge in [-0.25, -0.2) is 12.8 Å². The summed E-state index contributed by atoms with van der Waals surface area (Å²) in [7, 11) is -5.33. The summed E-state index contributed by atoms with van der Waals surface area (Å²) in [6, 6.07) is 11.5. The van der Waals surface area contributed by atoms with E-state index in [9.17, 15) is 31.2 Å². The predicted octanol–water partition coefficient (Wildman–Crippen LogP) is 3.20. The summed E-state index contributed by atoms with van der Waals surface area (Å²) in [6.07, 6.45) is 0.224. The highest BCUT2D eigenvalue weighted by atomic mass is 32.2. The molecule has 0 bridgehead atoms. The second-order valence-corrected chi connectivity index (χ2v) is 7.64. The van der Waals surface area contributed by atoms with Crippen molar-refractivity contribution in [2.75, 3.05) is 6.54 Å². The van der Waals surface area contributed by atoms with E-state index in [1.54, 1.807) is 0 Å². The lowest BCUT2D eigenvalue weighted by molar-refractivity contribution is 0.0666. The summed E-state index contributed by atoms with van der Waals surface area (Å²) < 4.78 is 66.5. The summed E-state index contributed by atoms with van der Waals surface area (Å²) in [5.74, 6) is -3.80. The van der Waals surface area contributed by atoms with Crippen LogP contribution in [0.3, 0.4) is 0 Å². The van der Waals surface area contributed by atoms with Gasteiger partial charge in [0.15, 0.2) is 5.83 Å². The fraction of sp³-hybridized carbons (Fsp3) is 0.111. The third-order valence-electron chi connectivity index (χ3n) is 4.00. The number of sulfone groups is 1. The number of alkyl halides is 2. The van der Waals surface area contributed by atoms with Gasteiger partial charge in [-0.2, -0.15) is 8.78 Å². The maximum Gasteiger partial charge on any atom is 0.400 e. The first-order chi connectivity index (χ1) is 12.7. The molecular weight excluding hydrogens is 383 g/mol. The molecule has 2 aromatic carbocycles. The second-order valence-electron chi connectivity index (χ2n) is 5.65. The van der Waals surface area contributed by atoms with Gasteiger partial charge in [0.25, 0.3) is 21.7 Å². The zero-order chi connectivity index (χ0) is 19.8. The summed E-state index contributed by atoms with van der Waals surface area (Å²) in [5, 5.41) is -4.84. The van der Waals surface area contributed by atoms with Gasteiger partial charge in [-0.05, 0) is 30.3 Å². The molecule has 0 atom stereocenters. The largest absolute Gasteiger partial charge is 0.400 e. The van der Waals surface area contributed by atoms with Crippen molar-refractivity contribution in [2.24, 2.45) is 0 Å². The van der Waals surface area contributed by atoms with Crippen LogP contribution in [0, 0.1) is 0 Å². The van der Waals surface area contributed by atoms with E-state index < -0.39 is 44.2 Å². The van der Waals surface area contributed by atoms with Crippen molar-refractivity contribution in [3.63, 3.8) is 0 Å². The highest BCUT2D eigenvalue weighted by Crippen LogP contribution is 2.36. The maximum absolute atomic E-state index is 14.2. The van der Waals surface area contributed by atoms with Crippen LogP contribution in [0.15, 0.2) is 71.4 Å². The minimum absolute atomic E-state index is 0.0694. The van der Waals surface area contributed by atoms with E-state index in [1.165, 1.54) is 42.5 Å². The summed E-state index contributed by atoms with van der Waals surface area (Å²) in [6.45, 7) is -0.821. The Labute approximate surface area is 152 Å². The minimum Gasteiger partial charge on any atom is -0.270 e. The van der Waals surface area contributed by atoms with Gasteiger partial charge in [0.05, 0.1) is 22.6 Å². The Morgan fingerprint density at radius 2 is 1.41 bits per heavy atom. The van der Waals surface area contributed by atoms with Crippen molar-refractivity contribution < 1.29 is 31.2 Å². The van der Waals surface area contributed by atoms with E-state index in [0.29, 0.717) is 4.90 Å². The van der Waals surface area contributed by atoms with Gasteiger partial charge in [-0.15, -0.1) is 0 Å². The lowest BCUT2D eigenvalue weighted by Gasteiger charge is -2.16. The topological polar surface area (TPSA) is 71.5 Å². The Balaban J connectivity index is 1.86. The molecule has 1 aliphatic heterocycles. The third-order valence-corrected chi connectivity index (χ3v) is 5.76. The van der Waals surface area contributed by atoms with Crippen LogP contribution in [0.4, 0.5) is 13.2 Å². The molecule has 140 valence electrons. The van der Waals surface area contributed by atoms with Gasteiger partial charge in [0.1, 0.15) is 0 Å². The number of hydrogen-bond acceptors (Lipinski definition) is 4. The molecule has 0 saturated heterocycles. The van der Waals surface area contributed by atoms with Crippen molar-refractivity contribution in [1.82, 2.24) is 4.90 Å². The van der Waals surface area contributed by atoms with Gasteiger partial charge in [-0.3, -0.25) is 14.5 Å². The van der Waals surface area contributed by atoms with Gasteiger partial charge in [0.2, 0.25) is 0 Å². The fourth-order valence-corrected chi connectivity index (χ4v) is 3.72. The third kappa shape index (κ3) is 3.03. The molecule has 0 fully saturated rings. The number of hydrogen-bond donors (Lipinski definition) is 0. The molecule has 0 spiro atoms. The van der Waals surface area contributed by atoms with E-state index in [1.807, 2.05) is 0 Å². The number of nitrogens with zero attached hydrogens (tertiary/aromatic N) is 1. The number of carbonyl (C=O) groups is 2. The molecular formula is C18H12F3NO4S. The quantitative estimate of drug-likeness (QED) is 0.729. The number of imide groups is 1. The van der Waals surface area contributed by atoms with E-state index in [2.05, 4.69) is 0 Å². The smallest absolute Gasteiger partial charge is 0.270 e. The Kier molecular flexibility index (Phi) is 4.64. The van der Waals surface area contributed by atoms with Crippen LogP contribution in [0.25, 0.3) is 0 Å². The van der Waals surface area contributed by atoms with E-state index >= 15 is 0 Å². The number of fused-ring (bicyclic) bond motifs is 1. The van der Waals surface area contributed by atoms with Crippen LogP contribution in [0.5, 0.6) is 0 Å². The van der Waals surface area contributed by atoms with Crippen LogP contribution in [0.1, 0.15) is 20.7 Å². The number of halogens is 3. The molecule has 5 nitrogen and oxygen atoms in total. The van der Waals surface area contributed by atoms with E-state index in [4.69, 9.17) is 0 Å². The minimum atomic E-state index is -5.33. The Morgan fingerprint density at radius 3 is 1.93 bits per heavy atom. The standard InChI is InChI=1S/C18H12F3NO4S/c19-15(18(20,21)27(25,26)12-6-2-1-3-7-12)10-11-22-16(23)13-8-4-5-9-14(13)17(22)24/h1-10H,11H2/b15-10-. The molecule has 2 amide bonds. The molecule has 2 aromatic rings. The van der Waals surface area contributed by atoms with Crippen LogP contribution in [-0.2, 0) is 9.84 Å². The van der Waals surface area contributed by atoms with Crippen molar-refractivity contribution in [2.45, 2.75) is 10.2 Å². The first-order valence-electron chi connectivity index (χ1n) is 7.67. The van der Waals surface area contributed by atoms with Gasteiger partial charge < -0.3 is 0 Å². The maximum atomic E-state index is 14.2. The van der Waals surface area contributed by atoms with Crippen molar-refractivity contribution >= 4 is 21.7 Å². The Hall–Kier alpha value is -2.94. The number of rotatable bonds is 5. The first-order valence-corrected chi connectivity index (χ1v) is 9.15. The zero-order valence-corrected chi connectivity index (χ0v) is 14.4. The first kappa shape index (κ1) is 18.8. The van der Waals surface area contributed by atoms with Gasteiger partial charge in [-0.1, -0.05) is 30.3 Å². The predicted molar refractivity (Wildman–Crippen MR) is 89.6 cm³/mol. The summed E-state index contributed by atoms with van der Waals surface area (Å²) in [5.41, 5.74) is 0.139. The second kappa shape index (κ2) is 6.66. The highest BCUT2D eigenvalue weighted by molar-refractivity contribution is 7.92. The molecule has 1 heterocycles. The molecule has 0 aromatic heterocycles.